The summed E-state index contributed by atoms with van der Waals surface area (Å²) >= 11 is 0. The van der Waals surface area contributed by atoms with Crippen molar-refractivity contribution in [2.75, 3.05) is 17.3 Å². The Hall–Kier alpha value is -4.04. The fraction of sp³-hybridized carbons (Fsp3) is 0.375. The number of rotatable bonds is 10. The number of phenols is 1. The number of amides is 1. The Labute approximate surface area is 220 Å². The fourth-order valence-electron chi connectivity index (χ4n) is 3.99. The molecule has 0 bridgehead atoms. The quantitative estimate of drug-likeness (QED) is 0.141. The van der Waals surface area contributed by atoms with Crippen molar-refractivity contribution >= 4 is 39.2 Å². The molecule has 0 fully saturated rings. The van der Waals surface area contributed by atoms with Crippen LogP contribution < -0.4 is 31.1 Å². The van der Waals surface area contributed by atoms with Crippen LogP contribution in [-0.2, 0) is 26.2 Å². The number of aliphatic carboxylic acids is 1. The summed E-state index contributed by atoms with van der Waals surface area (Å²) in [6.45, 7) is 5.39. The van der Waals surface area contributed by atoms with Gasteiger partial charge in [0.05, 0.1) is 22.8 Å². The van der Waals surface area contributed by atoms with Crippen LogP contribution >= 0.6 is 0 Å². The smallest absolute Gasteiger partial charge is 0.366 e. The highest BCUT2D eigenvalue weighted by molar-refractivity contribution is 7.89. The van der Waals surface area contributed by atoms with Crippen LogP contribution in [0.3, 0.4) is 0 Å². The van der Waals surface area contributed by atoms with Gasteiger partial charge in [-0.25, -0.2) is 18.2 Å². The van der Waals surface area contributed by atoms with Crippen molar-refractivity contribution in [1.82, 2.24) is 4.72 Å². The van der Waals surface area contributed by atoms with Crippen LogP contribution in [0.4, 0.5) is 11.4 Å². The molecule has 13 nitrogen and oxygen atoms in total. The number of ether oxygens (including phenoxy) is 1. The van der Waals surface area contributed by atoms with E-state index in [0.29, 0.717) is 16.8 Å². The first-order valence-electron chi connectivity index (χ1n) is 11.7. The van der Waals surface area contributed by atoms with Crippen molar-refractivity contribution in [2.45, 2.75) is 50.9 Å². The zero-order valence-corrected chi connectivity index (χ0v) is 22.2. The largest absolute Gasteiger partial charge is 0.506 e. The number of aryl methyl sites for hydroxylation is 1. The van der Waals surface area contributed by atoms with E-state index < -0.39 is 34.2 Å². The van der Waals surface area contributed by atoms with Gasteiger partial charge >= 0.3 is 5.97 Å². The average molecular weight is 549 g/mol. The lowest BCUT2D eigenvalue weighted by molar-refractivity contribution is -0.144. The maximum Gasteiger partial charge on any atom is 0.366 e. The molecule has 0 radical (unpaired) electrons. The number of nitrogens with zero attached hydrogens (tertiary/aromatic N) is 2. The molecule has 1 amide bonds. The van der Waals surface area contributed by atoms with Crippen LogP contribution in [0.25, 0.3) is 0 Å². The average Bonchev–Trinajstić information content (AvgIpc) is 3.16. The third-order valence-corrected chi connectivity index (χ3v) is 7.41. The molecule has 38 heavy (non-hydrogen) atoms. The first-order valence-corrected chi connectivity index (χ1v) is 13.2. The van der Waals surface area contributed by atoms with E-state index in [1.54, 1.807) is 13.0 Å². The molecule has 2 aromatic rings. The summed E-state index contributed by atoms with van der Waals surface area (Å²) in [7, 11) is -2.73. The topological polar surface area (TPSA) is 210 Å². The van der Waals surface area contributed by atoms with E-state index in [-0.39, 0.29) is 46.9 Å². The third-order valence-electron chi connectivity index (χ3n) is 5.94. The Bertz CT molecular complexity index is 1370. The minimum atomic E-state index is -4.24. The molecule has 3 rings (SSSR count). The summed E-state index contributed by atoms with van der Waals surface area (Å²) < 4.78 is 34.4. The molecule has 14 heteroatoms. The van der Waals surface area contributed by atoms with Gasteiger partial charge in [0.25, 0.3) is 6.23 Å². The summed E-state index contributed by atoms with van der Waals surface area (Å²) in [5, 5.41) is 22.4. The van der Waals surface area contributed by atoms with Gasteiger partial charge in [-0.1, -0.05) is 19.9 Å². The Morgan fingerprint density at radius 3 is 2.50 bits per heavy atom. The van der Waals surface area contributed by atoms with E-state index in [1.165, 1.54) is 36.2 Å². The number of aromatic hydroxyl groups is 1. The molecule has 1 heterocycles. The monoisotopic (exact) mass is 548 g/mol. The molecule has 0 unspecified atom stereocenters. The normalized spacial score (nSPS) is 15.5. The van der Waals surface area contributed by atoms with E-state index in [0.717, 1.165) is 0 Å². The Morgan fingerprint density at radius 2 is 1.89 bits per heavy atom. The molecule has 0 spiro atoms. The lowest BCUT2D eigenvalue weighted by atomic mass is 10.0. The molecule has 0 saturated carbocycles. The summed E-state index contributed by atoms with van der Waals surface area (Å²) in [6.07, 6.45) is -1.14. The zero-order chi connectivity index (χ0) is 28.4. The first-order chi connectivity index (χ1) is 17.7. The van der Waals surface area contributed by atoms with Crippen LogP contribution in [0.5, 0.6) is 11.5 Å². The van der Waals surface area contributed by atoms with Crippen molar-refractivity contribution in [3.8, 4) is 11.5 Å². The first kappa shape index (κ1) is 28.5. The second kappa shape index (κ2) is 11.1. The number of carboxylic acids is 1. The van der Waals surface area contributed by atoms with Gasteiger partial charge < -0.3 is 36.6 Å². The van der Waals surface area contributed by atoms with Gasteiger partial charge in [-0.05, 0) is 43.0 Å². The number of nitrogens with two attached hydrogens (primary N) is 2. The van der Waals surface area contributed by atoms with Gasteiger partial charge in [-0.2, -0.15) is 4.72 Å². The summed E-state index contributed by atoms with van der Waals surface area (Å²) in [5.41, 5.74) is 12.5. The number of fused-ring (bicyclic) bond motifs is 1. The second-order valence-electron chi connectivity index (χ2n) is 9.34. The van der Waals surface area contributed by atoms with Crippen molar-refractivity contribution in [3.05, 3.63) is 41.5 Å². The molecule has 0 aliphatic carbocycles. The van der Waals surface area contributed by atoms with Gasteiger partial charge in [0.2, 0.25) is 15.9 Å². The molecule has 1 aliphatic heterocycles. The number of phenolic OH excluding ortho intramolecular Hbond substituents is 1. The maximum atomic E-state index is 13.3. The maximum absolute atomic E-state index is 13.3. The van der Waals surface area contributed by atoms with E-state index >= 15 is 0 Å². The Kier molecular flexibility index (Phi) is 8.37. The van der Waals surface area contributed by atoms with Crippen molar-refractivity contribution in [2.24, 2.45) is 22.4 Å². The summed E-state index contributed by atoms with van der Waals surface area (Å²) in [5.74, 6) is -2.31. The SMILES string of the molecule is Cc1ccc(O)c(NC(=O)[C@@H](CC(C)C)NS(=O)(=O)c2ccc3c(c2)O[C@@H](C(=O)O)N3C)c1CN=C(N)N. The van der Waals surface area contributed by atoms with Gasteiger partial charge in [0, 0.05) is 18.7 Å². The van der Waals surface area contributed by atoms with Crippen LogP contribution in [0.1, 0.15) is 31.4 Å². The minimum Gasteiger partial charge on any atom is -0.506 e. The highest BCUT2D eigenvalue weighted by Gasteiger charge is 2.35. The number of hydrogen-bond acceptors (Lipinski definition) is 8. The lowest BCUT2D eigenvalue weighted by Gasteiger charge is -2.22. The van der Waals surface area contributed by atoms with Crippen molar-refractivity contribution in [3.63, 3.8) is 0 Å². The molecule has 2 aromatic carbocycles. The highest BCUT2D eigenvalue weighted by Crippen LogP contribution is 2.38. The standard InChI is InChI=1S/C24H32N6O7S/c1-12(2)9-16(21(32)28-20-15(11-27-24(25)26)13(3)5-8-18(20)31)29-38(35,36)14-6-7-17-19(10-14)37-22(23(33)34)30(17)4/h5-8,10,12,16,22,29,31H,9,11H2,1-4H3,(H,28,32)(H,33,34)(H4,25,26,27)/t16-,22+/m1/s1. The van der Waals surface area contributed by atoms with Gasteiger partial charge in [-0.3, -0.25) is 4.79 Å². The number of carboxylic acid groups (broad SMARTS) is 1. The second-order valence-corrected chi connectivity index (χ2v) is 11.1. The van der Waals surface area contributed by atoms with Gasteiger partial charge in [-0.15, -0.1) is 0 Å². The number of carbonyl (C=O) groups excluding carboxylic acids is 1. The van der Waals surface area contributed by atoms with Crippen LogP contribution in [0.15, 0.2) is 40.2 Å². The number of nitrogens with one attached hydrogen (secondary N) is 2. The third kappa shape index (κ3) is 6.26. The molecule has 2 atom stereocenters. The summed E-state index contributed by atoms with van der Waals surface area (Å²) in [6, 6.07) is 5.78. The molecular formula is C24H32N6O7S. The van der Waals surface area contributed by atoms with Crippen molar-refractivity contribution < 1.29 is 33.0 Å². The molecule has 0 saturated heterocycles. The Balaban J connectivity index is 1.89. The number of guanidine groups is 1. The number of aliphatic imine (C=N–C) groups is 1. The molecule has 1 aliphatic rings. The predicted octanol–water partition coefficient (Wildman–Crippen LogP) is 1.05. The number of likely N-dealkylation sites (N-methyl/N-ethyl adjacent to an activating group) is 1. The minimum absolute atomic E-state index is 0.0142. The van der Waals surface area contributed by atoms with Crippen LogP contribution in [0, 0.1) is 12.8 Å². The Morgan fingerprint density at radius 1 is 1.21 bits per heavy atom. The van der Waals surface area contributed by atoms with E-state index in [1.807, 2.05) is 13.8 Å². The number of sulfonamides is 1. The number of carbonyl (C=O) groups is 2. The van der Waals surface area contributed by atoms with E-state index in [2.05, 4.69) is 15.0 Å². The fourth-order valence-corrected chi connectivity index (χ4v) is 5.21. The lowest BCUT2D eigenvalue weighted by Crippen LogP contribution is -2.44. The van der Waals surface area contributed by atoms with Gasteiger partial charge in [0.15, 0.2) is 5.96 Å². The molecular weight excluding hydrogens is 516 g/mol. The van der Waals surface area contributed by atoms with E-state index in [4.69, 9.17) is 16.2 Å². The van der Waals surface area contributed by atoms with Crippen LogP contribution in [-0.4, -0.2) is 55.8 Å². The van der Waals surface area contributed by atoms with Crippen molar-refractivity contribution in [1.29, 1.82) is 0 Å². The molecule has 8 N–H and O–H groups in total. The van der Waals surface area contributed by atoms with E-state index in [9.17, 15) is 28.2 Å². The zero-order valence-electron chi connectivity index (χ0n) is 21.4. The highest BCUT2D eigenvalue weighted by atomic mass is 32.2. The number of hydrogen-bond donors (Lipinski definition) is 6. The number of benzene rings is 2. The number of anilines is 2. The van der Waals surface area contributed by atoms with Crippen LogP contribution in [0.2, 0.25) is 0 Å². The predicted molar refractivity (Wildman–Crippen MR) is 141 cm³/mol. The summed E-state index contributed by atoms with van der Waals surface area (Å²) in [4.78, 5) is 29.8. The van der Waals surface area contributed by atoms with Gasteiger partial charge in [0.1, 0.15) is 17.5 Å². The molecule has 206 valence electrons. The molecule has 0 aromatic heterocycles.